The summed E-state index contributed by atoms with van der Waals surface area (Å²) < 4.78 is 21.7. The summed E-state index contributed by atoms with van der Waals surface area (Å²) >= 11 is 0.818. The fraction of sp³-hybridized carbons (Fsp3) is 0.167. The number of benzene rings is 2. The van der Waals surface area contributed by atoms with Crippen LogP contribution < -0.4 is 15.4 Å². The van der Waals surface area contributed by atoms with Crippen molar-refractivity contribution < 1.29 is 23.8 Å². The first-order valence-electron chi connectivity index (χ1n) is 10.5. The fourth-order valence-corrected chi connectivity index (χ4v) is 3.68. The third-order valence-corrected chi connectivity index (χ3v) is 5.66. The van der Waals surface area contributed by atoms with Gasteiger partial charge in [-0.1, -0.05) is 50.3 Å². The lowest BCUT2D eigenvalue weighted by atomic mass is 9.92. The van der Waals surface area contributed by atoms with Gasteiger partial charge < -0.3 is 15.2 Å². The molecule has 0 atom stereocenters. The zero-order chi connectivity index (χ0) is 25.2. The van der Waals surface area contributed by atoms with Crippen molar-refractivity contribution in [1.82, 2.24) is 14.8 Å². The second kappa shape index (κ2) is 9.55. The third kappa shape index (κ3) is 5.64. The average Bonchev–Trinajstić information content (AvgIpc) is 3.44. The third-order valence-electron chi connectivity index (χ3n) is 4.79. The molecule has 0 spiro atoms. The number of hydrogen-bond donors (Lipinski definition) is 3. The minimum absolute atomic E-state index is 0.0628. The first-order valence-corrected chi connectivity index (χ1v) is 11.3. The zero-order valence-corrected chi connectivity index (χ0v) is 19.9. The van der Waals surface area contributed by atoms with E-state index >= 15 is 0 Å². The van der Waals surface area contributed by atoms with Crippen LogP contribution in [0.1, 0.15) is 36.3 Å². The molecule has 3 N–H and O–H groups in total. The first-order chi connectivity index (χ1) is 16.6. The van der Waals surface area contributed by atoms with Gasteiger partial charge in [-0.05, 0) is 24.3 Å². The van der Waals surface area contributed by atoms with Gasteiger partial charge in [0, 0.05) is 17.5 Å². The Balaban J connectivity index is 1.49. The van der Waals surface area contributed by atoms with Crippen molar-refractivity contribution in [2.24, 2.45) is 0 Å². The van der Waals surface area contributed by atoms with Gasteiger partial charge in [-0.3, -0.25) is 5.32 Å². The SMILES string of the molecule is CC(C)(C)c1cc(NC(=O)Nc2ccc(Oc3cnc(C(=O)O)s3)cc2F)n(-c2ccccc2)n1. The molecule has 0 aliphatic carbocycles. The number of hydrogen-bond acceptors (Lipinski definition) is 6. The van der Waals surface area contributed by atoms with Gasteiger partial charge in [0.1, 0.15) is 17.4 Å². The molecule has 2 amide bonds. The number of rotatable bonds is 6. The van der Waals surface area contributed by atoms with Crippen LogP contribution in [0.25, 0.3) is 5.69 Å². The average molecular weight is 496 g/mol. The summed E-state index contributed by atoms with van der Waals surface area (Å²) in [7, 11) is 0. The predicted octanol–water partition coefficient (Wildman–Crippen LogP) is 5.90. The summed E-state index contributed by atoms with van der Waals surface area (Å²) in [5, 5.41) is 18.9. The molecule has 0 bridgehead atoms. The van der Waals surface area contributed by atoms with E-state index in [9.17, 15) is 14.0 Å². The van der Waals surface area contributed by atoms with E-state index in [2.05, 4.69) is 20.7 Å². The summed E-state index contributed by atoms with van der Waals surface area (Å²) in [6, 6.07) is 14.4. The maximum absolute atomic E-state index is 14.6. The number of aromatic carboxylic acids is 1. The second-order valence-electron chi connectivity index (χ2n) is 8.52. The van der Waals surface area contributed by atoms with Gasteiger partial charge in [-0.25, -0.2) is 23.6 Å². The molecule has 9 nitrogen and oxygen atoms in total. The van der Waals surface area contributed by atoms with Gasteiger partial charge in [0.25, 0.3) is 0 Å². The van der Waals surface area contributed by atoms with Crippen molar-refractivity contribution in [1.29, 1.82) is 0 Å². The van der Waals surface area contributed by atoms with E-state index in [1.54, 1.807) is 10.7 Å². The number of carbonyl (C=O) groups excluding carboxylic acids is 1. The van der Waals surface area contributed by atoms with Gasteiger partial charge in [0.2, 0.25) is 10.1 Å². The quantitative estimate of drug-likeness (QED) is 0.306. The van der Waals surface area contributed by atoms with Crippen LogP contribution in [0.2, 0.25) is 0 Å². The molecule has 2 aromatic heterocycles. The van der Waals surface area contributed by atoms with Crippen LogP contribution >= 0.6 is 11.3 Å². The van der Waals surface area contributed by atoms with Gasteiger partial charge in [-0.2, -0.15) is 5.10 Å². The molecule has 180 valence electrons. The van der Waals surface area contributed by atoms with Gasteiger partial charge in [0.05, 0.1) is 23.3 Å². The molecule has 35 heavy (non-hydrogen) atoms. The maximum atomic E-state index is 14.6. The van der Waals surface area contributed by atoms with E-state index in [0.717, 1.165) is 28.8 Å². The molecule has 0 fully saturated rings. The van der Waals surface area contributed by atoms with Crippen LogP contribution in [0.5, 0.6) is 10.8 Å². The molecule has 0 saturated carbocycles. The molecule has 0 saturated heterocycles. The van der Waals surface area contributed by atoms with Gasteiger partial charge in [0.15, 0.2) is 0 Å². The number of urea groups is 1. The van der Waals surface area contributed by atoms with Crippen LogP contribution in [0.3, 0.4) is 0 Å². The Bertz CT molecular complexity index is 1380. The van der Waals surface area contributed by atoms with E-state index in [-0.39, 0.29) is 26.9 Å². The van der Waals surface area contributed by atoms with E-state index in [4.69, 9.17) is 9.84 Å². The van der Waals surface area contributed by atoms with E-state index < -0.39 is 17.8 Å². The standard InChI is InChI=1S/C24H22FN5O4S/c1-24(2,3)18-12-19(30(29-18)14-7-5-4-6-8-14)28-23(33)27-17-10-9-15(11-16(17)25)34-20-13-26-21(35-20)22(31)32/h4-13H,1-3H3,(H,31,32)(H2,27,28,33). The van der Waals surface area contributed by atoms with Crippen molar-refractivity contribution in [2.75, 3.05) is 10.6 Å². The molecular weight excluding hydrogens is 473 g/mol. The smallest absolute Gasteiger partial charge is 0.365 e. The zero-order valence-electron chi connectivity index (χ0n) is 19.1. The molecule has 0 aliphatic rings. The Morgan fingerprint density at radius 2 is 1.83 bits per heavy atom. The number of nitrogens with zero attached hydrogens (tertiary/aromatic N) is 3. The number of thiazole rings is 1. The highest BCUT2D eigenvalue weighted by atomic mass is 32.1. The van der Waals surface area contributed by atoms with Crippen molar-refractivity contribution in [3.05, 3.63) is 77.3 Å². The van der Waals surface area contributed by atoms with Crippen LogP contribution in [0.4, 0.5) is 20.7 Å². The maximum Gasteiger partial charge on any atom is 0.365 e. The first kappa shape index (κ1) is 23.9. The summed E-state index contributed by atoms with van der Waals surface area (Å²) in [4.78, 5) is 27.3. The molecule has 11 heteroatoms. The Kier molecular flexibility index (Phi) is 6.52. The van der Waals surface area contributed by atoms with Crippen molar-refractivity contribution in [2.45, 2.75) is 26.2 Å². The number of amides is 2. The highest BCUT2D eigenvalue weighted by molar-refractivity contribution is 7.15. The van der Waals surface area contributed by atoms with Gasteiger partial charge >= 0.3 is 12.0 Å². The summed E-state index contributed by atoms with van der Waals surface area (Å²) in [6.45, 7) is 6.05. The number of para-hydroxylation sites is 1. The Labute approximate surface area is 204 Å². The molecule has 2 aromatic carbocycles. The van der Waals surface area contributed by atoms with Crippen molar-refractivity contribution >= 4 is 34.8 Å². The van der Waals surface area contributed by atoms with Crippen LogP contribution in [0.15, 0.2) is 60.8 Å². The lowest BCUT2D eigenvalue weighted by Crippen LogP contribution is -2.21. The number of halogens is 1. The molecule has 4 rings (SSSR count). The van der Waals surface area contributed by atoms with E-state index in [1.807, 2.05) is 51.1 Å². The Morgan fingerprint density at radius 3 is 2.46 bits per heavy atom. The Morgan fingerprint density at radius 1 is 1.09 bits per heavy atom. The number of anilines is 2. The van der Waals surface area contributed by atoms with Crippen LogP contribution in [-0.4, -0.2) is 31.9 Å². The molecule has 0 unspecified atom stereocenters. The lowest BCUT2D eigenvalue weighted by molar-refractivity contribution is 0.0696. The molecule has 0 aliphatic heterocycles. The number of carboxylic acid groups (broad SMARTS) is 1. The minimum atomic E-state index is -1.18. The van der Waals surface area contributed by atoms with E-state index in [0.29, 0.717) is 5.82 Å². The van der Waals surface area contributed by atoms with Crippen LogP contribution in [0, 0.1) is 5.82 Å². The number of ether oxygens (including phenoxy) is 1. The largest absolute Gasteiger partial charge is 0.476 e. The number of nitrogens with one attached hydrogen (secondary N) is 2. The second-order valence-corrected chi connectivity index (χ2v) is 9.52. The summed E-state index contributed by atoms with van der Waals surface area (Å²) in [5.74, 6) is -1.35. The monoisotopic (exact) mass is 495 g/mol. The van der Waals surface area contributed by atoms with Gasteiger partial charge in [-0.15, -0.1) is 0 Å². The molecule has 4 aromatic rings. The van der Waals surface area contributed by atoms with Crippen molar-refractivity contribution in [3.63, 3.8) is 0 Å². The summed E-state index contributed by atoms with van der Waals surface area (Å²) in [6.07, 6.45) is 1.24. The highest BCUT2D eigenvalue weighted by Crippen LogP contribution is 2.30. The number of carbonyl (C=O) groups is 2. The normalized spacial score (nSPS) is 11.2. The minimum Gasteiger partial charge on any atom is -0.476 e. The fourth-order valence-electron chi connectivity index (χ4n) is 3.05. The van der Waals surface area contributed by atoms with Crippen molar-refractivity contribution in [3.8, 4) is 16.5 Å². The molecule has 0 radical (unpaired) electrons. The topological polar surface area (TPSA) is 118 Å². The number of carboxylic acids is 1. The number of aromatic nitrogens is 3. The van der Waals surface area contributed by atoms with Crippen LogP contribution in [-0.2, 0) is 5.41 Å². The predicted molar refractivity (Wildman–Crippen MR) is 130 cm³/mol. The summed E-state index contributed by atoms with van der Waals surface area (Å²) in [5.41, 5.74) is 1.23. The lowest BCUT2D eigenvalue weighted by Gasteiger charge is -2.14. The highest BCUT2D eigenvalue weighted by Gasteiger charge is 2.22. The molecule has 2 heterocycles. The van der Waals surface area contributed by atoms with E-state index in [1.165, 1.54) is 18.3 Å². The molecular formula is C24H22FN5O4S. The Hall–Kier alpha value is -4.25.